The molecule has 6 rings (SSSR count). The molecule has 0 unspecified atom stereocenters. The Balaban J connectivity index is 0.000000218. The van der Waals surface area contributed by atoms with Gasteiger partial charge in [0.25, 0.3) is 0 Å². The number of halogens is 1. The SMILES string of the molecule is Cc1ccc(-c2cccc3ccccc23)cc1.Cc1ccc(Br)cc1.OB(O)c1cccc2ccccc12.[No].[Pd]. The van der Waals surface area contributed by atoms with Crippen LogP contribution in [-0.2, 0) is 20.4 Å². The number of fused-ring (bicyclic) bond motifs is 2. The summed E-state index contributed by atoms with van der Waals surface area (Å²) < 4.78 is 1.14. The zero-order chi connectivity index (χ0) is 26.9. The van der Waals surface area contributed by atoms with Gasteiger partial charge in [0.1, 0.15) is 0 Å². The van der Waals surface area contributed by atoms with E-state index >= 15 is 0 Å². The second-order valence-corrected chi connectivity index (χ2v) is 10.0. The van der Waals surface area contributed by atoms with Crippen molar-refractivity contribution in [1.29, 1.82) is 0 Å². The molecule has 2 N–H and O–H groups in total. The van der Waals surface area contributed by atoms with Crippen LogP contribution in [0, 0.1) is 13.8 Å². The van der Waals surface area contributed by atoms with Gasteiger partial charge >= 0.3 is 7.12 Å². The van der Waals surface area contributed by atoms with E-state index in [1.165, 1.54) is 33.0 Å². The zero-order valence-corrected chi connectivity index (χ0v) is 27.5. The molecule has 40 heavy (non-hydrogen) atoms. The third-order valence-corrected chi connectivity index (χ3v) is 6.79. The summed E-state index contributed by atoms with van der Waals surface area (Å²) in [7, 11) is -1.40. The van der Waals surface area contributed by atoms with E-state index in [1.807, 2.05) is 48.5 Å². The molecule has 0 amide bonds. The Morgan fingerprint density at radius 3 is 1.52 bits per heavy atom. The van der Waals surface area contributed by atoms with Gasteiger partial charge in [0.05, 0.1) is 0 Å². The van der Waals surface area contributed by atoms with Crippen molar-refractivity contribution < 1.29 is 30.5 Å². The predicted molar refractivity (Wildman–Crippen MR) is 167 cm³/mol. The van der Waals surface area contributed by atoms with Crippen LogP contribution in [0.2, 0.25) is 0 Å². The third kappa shape index (κ3) is 8.48. The molecular formula is C34H30BBrNoO2Pd. The Bertz CT molecular complexity index is 1590. The minimum atomic E-state index is -1.40. The first-order valence-corrected chi connectivity index (χ1v) is 13.3. The monoisotopic (exact) mass is 925 g/mol. The smallest absolute Gasteiger partial charge is 0.423 e. The van der Waals surface area contributed by atoms with Crippen LogP contribution in [0.4, 0.5) is 0 Å². The molecule has 0 spiro atoms. The third-order valence-electron chi connectivity index (χ3n) is 6.26. The Kier molecular flexibility index (Phi) is 12.5. The first-order chi connectivity index (χ1) is 18.4. The quantitative estimate of drug-likeness (QED) is 0.173. The zero-order valence-electron chi connectivity index (χ0n) is 22.1. The van der Waals surface area contributed by atoms with Crippen molar-refractivity contribution in [3.63, 3.8) is 0 Å². The first-order valence-electron chi connectivity index (χ1n) is 12.5. The standard InChI is InChI=1S/C17H14.C10H9BO2.C7H7Br.No.Pd/c1-13-9-11-15(12-10-13)17-8-4-6-14-5-2-3-7-16(14)17;12-11(13)10-7-3-5-8-4-1-2-6-9(8)10;1-6-2-4-7(8)5-3-6;;/h2-12H,1H3;1-7,12-13H;2-5H,1H3;;. The fourth-order valence-electron chi connectivity index (χ4n) is 4.22. The van der Waals surface area contributed by atoms with E-state index in [9.17, 15) is 0 Å². The molecule has 6 heteroatoms. The molecule has 0 fully saturated rings. The van der Waals surface area contributed by atoms with Crippen LogP contribution in [0.25, 0.3) is 32.7 Å². The number of aryl methyl sites for hydroxylation is 2. The number of hydrogen-bond acceptors (Lipinski definition) is 2. The number of hydrogen-bond donors (Lipinski definition) is 2. The van der Waals surface area contributed by atoms with Gasteiger partial charge in [0.15, 0.2) is 0 Å². The topological polar surface area (TPSA) is 40.5 Å². The Morgan fingerprint density at radius 1 is 0.525 bits per heavy atom. The van der Waals surface area contributed by atoms with Crippen molar-refractivity contribution >= 4 is 50.1 Å². The maximum Gasteiger partial charge on any atom is 0.489 e. The fourth-order valence-corrected chi connectivity index (χ4v) is 4.48. The van der Waals surface area contributed by atoms with Crippen LogP contribution in [-0.4, -0.2) is 17.2 Å². The van der Waals surface area contributed by atoms with Crippen molar-refractivity contribution in [3.8, 4) is 11.1 Å². The normalized spacial score (nSPS) is 9.72. The maximum atomic E-state index is 9.08. The van der Waals surface area contributed by atoms with Crippen LogP contribution in [0.3, 0.4) is 0 Å². The van der Waals surface area contributed by atoms with E-state index in [1.54, 1.807) is 6.07 Å². The molecule has 0 radical (unpaired) electrons. The molecule has 6 aromatic rings. The Labute approximate surface area is 253 Å². The van der Waals surface area contributed by atoms with Gasteiger partial charge in [0.2, 0.25) is 0 Å². The van der Waals surface area contributed by atoms with Crippen molar-refractivity contribution in [2.75, 3.05) is 0 Å². The van der Waals surface area contributed by atoms with E-state index in [2.05, 4.69) is 109 Å². The summed E-state index contributed by atoms with van der Waals surface area (Å²) >= 11 is 3.35. The predicted octanol–water partition coefficient (Wildman–Crippen LogP) is 8.09. The molecular weight excluding hydrogens is 897 g/mol. The number of benzene rings is 6. The molecule has 0 bridgehead atoms. The Hall–Kier alpha value is -4.03. The van der Waals surface area contributed by atoms with Gasteiger partial charge in [-0.3, -0.25) is 0 Å². The minimum absolute atomic E-state index is 0. The van der Waals surface area contributed by atoms with E-state index < -0.39 is 7.12 Å². The van der Waals surface area contributed by atoms with Gasteiger partial charge in [-0.2, -0.15) is 0 Å². The first kappa shape index (κ1) is 32.2. The average molecular weight is 927 g/mol. The molecule has 0 aliphatic rings. The van der Waals surface area contributed by atoms with Crippen LogP contribution in [0.1, 0.15) is 11.1 Å². The van der Waals surface area contributed by atoms with Gasteiger partial charge in [0, 0.05) is 24.9 Å². The minimum Gasteiger partial charge on any atom is -0.423 e. The molecule has 0 aliphatic carbocycles. The summed E-state index contributed by atoms with van der Waals surface area (Å²) in [5, 5.41) is 22.7. The van der Waals surface area contributed by atoms with Gasteiger partial charge in [-0.15, -0.1) is 0 Å². The fraction of sp³-hybridized carbons (Fsp3) is 0.0588. The second-order valence-electron chi connectivity index (χ2n) is 9.13. The van der Waals surface area contributed by atoms with E-state index in [0.29, 0.717) is 5.46 Å². The summed E-state index contributed by atoms with van der Waals surface area (Å²) in [6, 6.07) is 45.0. The molecule has 0 aliphatic heterocycles. The summed E-state index contributed by atoms with van der Waals surface area (Å²) in [6.45, 7) is 4.19. The van der Waals surface area contributed by atoms with E-state index in [-0.39, 0.29) is 20.4 Å². The molecule has 2 nitrogen and oxygen atoms in total. The maximum absolute atomic E-state index is 9.08. The average Bonchev–Trinajstić information content (AvgIpc) is 2.95. The molecule has 0 atom stereocenters. The van der Waals surface area contributed by atoms with Crippen LogP contribution >= 0.6 is 15.9 Å². The molecule has 212 valence electrons. The van der Waals surface area contributed by atoms with E-state index in [0.717, 1.165) is 15.2 Å². The second kappa shape index (κ2) is 15.5. The van der Waals surface area contributed by atoms with Crippen molar-refractivity contribution in [2.24, 2.45) is 0 Å². The van der Waals surface area contributed by atoms with Crippen LogP contribution in [0.15, 0.2) is 138 Å². The van der Waals surface area contributed by atoms with Crippen molar-refractivity contribution in [1.82, 2.24) is 0 Å². The molecule has 6 aromatic carbocycles. The number of rotatable bonds is 2. The van der Waals surface area contributed by atoms with E-state index in [4.69, 9.17) is 10.0 Å². The summed E-state index contributed by atoms with van der Waals surface area (Å²) in [5.41, 5.74) is 5.75. The van der Waals surface area contributed by atoms with Gasteiger partial charge < -0.3 is 10.0 Å². The van der Waals surface area contributed by atoms with Gasteiger partial charge in [-0.25, -0.2) is 0 Å². The molecule has 0 aromatic heterocycles. The van der Waals surface area contributed by atoms with Gasteiger partial charge in [-0.1, -0.05) is 148 Å². The summed E-state index contributed by atoms with van der Waals surface area (Å²) in [4.78, 5) is 0. The van der Waals surface area contributed by atoms with Crippen molar-refractivity contribution in [3.05, 3.63) is 149 Å². The summed E-state index contributed by atoms with van der Waals surface area (Å²) in [6.07, 6.45) is 0. The van der Waals surface area contributed by atoms with Gasteiger partial charge in [-0.05, 0) is 64.1 Å². The molecule has 0 saturated carbocycles. The molecule has 0 heterocycles. The van der Waals surface area contributed by atoms with Crippen LogP contribution < -0.4 is 5.46 Å². The van der Waals surface area contributed by atoms with Crippen molar-refractivity contribution in [2.45, 2.75) is 13.8 Å². The summed E-state index contributed by atoms with van der Waals surface area (Å²) in [5.74, 6) is 0. The molecule has 0 saturated heterocycles. The largest absolute Gasteiger partial charge is 0.489 e. The Morgan fingerprint density at radius 2 is 0.975 bits per heavy atom. The van der Waals surface area contributed by atoms with Crippen LogP contribution in [0.5, 0.6) is 0 Å².